The molecule has 0 aliphatic carbocycles. The van der Waals surface area contributed by atoms with E-state index in [1.807, 2.05) is 0 Å². The van der Waals surface area contributed by atoms with E-state index >= 15 is 0 Å². The number of nitrogens with zero attached hydrogens (tertiary/aromatic N) is 2. The molecule has 2 rings (SSSR count). The van der Waals surface area contributed by atoms with Crippen LogP contribution in [0.3, 0.4) is 0 Å². The van der Waals surface area contributed by atoms with Gasteiger partial charge in [0.1, 0.15) is 5.56 Å². The van der Waals surface area contributed by atoms with Crippen LogP contribution in [0.25, 0.3) is 11.5 Å². The Bertz CT molecular complexity index is 661. The van der Waals surface area contributed by atoms with Gasteiger partial charge in [-0.05, 0) is 12.1 Å². The zero-order valence-corrected chi connectivity index (χ0v) is 11.5. The van der Waals surface area contributed by atoms with Gasteiger partial charge in [-0.1, -0.05) is 5.16 Å². The minimum absolute atomic E-state index is 0.0305. The number of pyridine rings is 1. The number of rotatable bonds is 6. The Hall–Kier alpha value is -2.52. The molecule has 0 fully saturated rings. The fraction of sp³-hybridized carbons (Fsp3) is 0.333. The van der Waals surface area contributed by atoms with Gasteiger partial charge in [0.05, 0.1) is 6.54 Å². The zero-order valence-electron chi connectivity index (χ0n) is 11.5. The maximum atomic E-state index is 11.8. The smallest absolute Gasteiger partial charge is 0.292 e. The lowest BCUT2D eigenvalue weighted by molar-refractivity contribution is -0.0975. The molecule has 0 radical (unpaired) electrons. The van der Waals surface area contributed by atoms with E-state index < -0.39 is 12.2 Å². The largest absolute Gasteiger partial charge is 0.354 e. The van der Waals surface area contributed by atoms with Crippen molar-refractivity contribution in [2.24, 2.45) is 0 Å². The number of aromatic amines is 1. The molecule has 2 aromatic rings. The molecule has 0 aromatic carbocycles. The van der Waals surface area contributed by atoms with Crippen LogP contribution in [-0.2, 0) is 9.47 Å². The van der Waals surface area contributed by atoms with Crippen LogP contribution in [0.5, 0.6) is 0 Å². The summed E-state index contributed by atoms with van der Waals surface area (Å²) in [6, 6.07) is 3.13. The number of carbonyl (C=O) groups is 1. The minimum atomic E-state index is -0.572. The van der Waals surface area contributed by atoms with Gasteiger partial charge in [0.2, 0.25) is 0 Å². The summed E-state index contributed by atoms with van der Waals surface area (Å²) in [5, 5.41) is 6.05. The number of carbonyl (C=O) groups excluding carboxylic acids is 1. The van der Waals surface area contributed by atoms with Crippen molar-refractivity contribution in [2.75, 3.05) is 20.8 Å². The van der Waals surface area contributed by atoms with Gasteiger partial charge < -0.3 is 24.3 Å². The fourth-order valence-corrected chi connectivity index (χ4v) is 1.53. The second-order valence-corrected chi connectivity index (χ2v) is 3.95. The topological polar surface area (TPSA) is 119 Å². The van der Waals surface area contributed by atoms with Crippen molar-refractivity contribution in [1.82, 2.24) is 20.4 Å². The molecule has 0 spiro atoms. The molecule has 9 heteroatoms. The third-order valence-electron chi connectivity index (χ3n) is 2.63. The molecule has 0 aliphatic rings. The van der Waals surface area contributed by atoms with Gasteiger partial charge in [0.15, 0.2) is 6.29 Å². The van der Waals surface area contributed by atoms with Gasteiger partial charge >= 0.3 is 0 Å². The zero-order chi connectivity index (χ0) is 15.2. The van der Waals surface area contributed by atoms with E-state index in [4.69, 9.17) is 14.0 Å². The minimum Gasteiger partial charge on any atom is -0.354 e. The Morgan fingerprint density at radius 1 is 1.48 bits per heavy atom. The molecule has 0 atom stereocenters. The van der Waals surface area contributed by atoms with Crippen molar-refractivity contribution in [1.29, 1.82) is 0 Å². The maximum Gasteiger partial charge on any atom is 0.292 e. The van der Waals surface area contributed by atoms with E-state index in [0.29, 0.717) is 0 Å². The molecule has 2 aromatic heterocycles. The molecule has 0 unspecified atom stereocenters. The average Bonchev–Trinajstić information content (AvgIpc) is 2.98. The van der Waals surface area contributed by atoms with Gasteiger partial charge in [0.25, 0.3) is 23.2 Å². The maximum absolute atomic E-state index is 11.8. The lowest BCUT2D eigenvalue weighted by Gasteiger charge is -2.12. The molecule has 112 valence electrons. The summed E-state index contributed by atoms with van der Waals surface area (Å²) in [4.78, 5) is 29.7. The first-order valence-electron chi connectivity index (χ1n) is 6.01. The highest BCUT2D eigenvalue weighted by molar-refractivity contribution is 5.90. The highest BCUT2D eigenvalue weighted by atomic mass is 16.7. The van der Waals surface area contributed by atoms with Gasteiger partial charge in [-0.25, -0.2) is 0 Å². The predicted molar refractivity (Wildman–Crippen MR) is 70.5 cm³/mol. The summed E-state index contributed by atoms with van der Waals surface area (Å²) < 4.78 is 14.8. The molecule has 0 saturated carbocycles. The fourth-order valence-electron chi connectivity index (χ4n) is 1.53. The SMILES string of the molecule is COC(CNC(=O)c1noc(-c2ccc[nH]c2=O)n1)OC. The number of aromatic nitrogens is 3. The highest BCUT2D eigenvalue weighted by Crippen LogP contribution is 2.11. The molecule has 1 amide bonds. The molecule has 21 heavy (non-hydrogen) atoms. The van der Waals surface area contributed by atoms with E-state index in [1.54, 1.807) is 6.07 Å². The normalized spacial score (nSPS) is 10.8. The Morgan fingerprint density at radius 2 is 2.24 bits per heavy atom. The van der Waals surface area contributed by atoms with Gasteiger partial charge in [-0.15, -0.1) is 0 Å². The Labute approximate surface area is 119 Å². The molecule has 2 N–H and O–H groups in total. The van der Waals surface area contributed by atoms with E-state index in [2.05, 4.69) is 20.4 Å². The quantitative estimate of drug-likeness (QED) is 0.706. The van der Waals surface area contributed by atoms with Crippen molar-refractivity contribution in [3.05, 3.63) is 34.5 Å². The van der Waals surface area contributed by atoms with Crippen molar-refractivity contribution in [3.8, 4) is 11.5 Å². The Morgan fingerprint density at radius 3 is 2.90 bits per heavy atom. The molecule has 0 bridgehead atoms. The standard InChI is InChI=1S/C12H14N4O5/c1-19-8(20-2)6-14-11(18)9-15-12(21-16-9)7-4-3-5-13-10(7)17/h3-5,8H,6H2,1-2H3,(H,13,17)(H,14,18). The van der Waals surface area contributed by atoms with E-state index in [1.165, 1.54) is 26.5 Å². The summed E-state index contributed by atoms with van der Waals surface area (Å²) in [5.41, 5.74) is -0.192. The Kier molecular flexibility index (Phi) is 4.80. The first-order chi connectivity index (χ1) is 10.2. The van der Waals surface area contributed by atoms with Gasteiger partial charge in [-0.2, -0.15) is 4.98 Å². The van der Waals surface area contributed by atoms with Crippen LogP contribution in [0.4, 0.5) is 0 Å². The monoisotopic (exact) mass is 294 g/mol. The second kappa shape index (κ2) is 6.77. The number of hydrogen-bond acceptors (Lipinski definition) is 7. The van der Waals surface area contributed by atoms with Crippen LogP contribution in [-0.4, -0.2) is 48.1 Å². The summed E-state index contributed by atoms with van der Waals surface area (Å²) >= 11 is 0. The van der Waals surface area contributed by atoms with Gasteiger partial charge in [-0.3, -0.25) is 9.59 Å². The van der Waals surface area contributed by atoms with Crippen molar-refractivity contribution in [2.45, 2.75) is 6.29 Å². The van der Waals surface area contributed by atoms with Crippen molar-refractivity contribution < 1.29 is 18.8 Å². The van der Waals surface area contributed by atoms with Crippen molar-refractivity contribution in [3.63, 3.8) is 0 Å². The lowest BCUT2D eigenvalue weighted by atomic mass is 10.3. The van der Waals surface area contributed by atoms with Crippen LogP contribution < -0.4 is 10.9 Å². The molecule has 0 aliphatic heterocycles. The third kappa shape index (κ3) is 3.52. The average molecular weight is 294 g/mol. The number of methoxy groups -OCH3 is 2. The Balaban J connectivity index is 2.08. The number of H-pyrrole nitrogens is 1. The highest BCUT2D eigenvalue weighted by Gasteiger charge is 2.18. The first kappa shape index (κ1) is 14.9. The van der Waals surface area contributed by atoms with Crippen LogP contribution in [0, 0.1) is 0 Å². The van der Waals surface area contributed by atoms with E-state index in [0.717, 1.165) is 0 Å². The summed E-state index contributed by atoms with van der Waals surface area (Å²) in [6.45, 7) is 0.127. The third-order valence-corrected chi connectivity index (χ3v) is 2.63. The number of hydrogen-bond donors (Lipinski definition) is 2. The lowest BCUT2D eigenvalue weighted by Crippen LogP contribution is -2.34. The van der Waals surface area contributed by atoms with Crippen LogP contribution >= 0.6 is 0 Å². The van der Waals surface area contributed by atoms with Crippen LogP contribution in [0.15, 0.2) is 27.6 Å². The number of nitrogens with one attached hydrogen (secondary N) is 2. The molecule has 2 heterocycles. The summed E-state index contributed by atoms with van der Waals surface area (Å²) in [5.74, 6) is -0.771. The number of ether oxygens (including phenoxy) is 2. The summed E-state index contributed by atoms with van der Waals surface area (Å²) in [7, 11) is 2.91. The number of amides is 1. The van der Waals surface area contributed by atoms with E-state index in [-0.39, 0.29) is 29.4 Å². The molecular formula is C12H14N4O5. The molecule has 9 nitrogen and oxygen atoms in total. The molecular weight excluding hydrogens is 280 g/mol. The van der Waals surface area contributed by atoms with Gasteiger partial charge in [0, 0.05) is 20.4 Å². The van der Waals surface area contributed by atoms with Crippen LogP contribution in [0.2, 0.25) is 0 Å². The second-order valence-electron chi connectivity index (χ2n) is 3.95. The van der Waals surface area contributed by atoms with Crippen molar-refractivity contribution >= 4 is 5.91 Å². The van der Waals surface area contributed by atoms with Crippen LogP contribution in [0.1, 0.15) is 10.6 Å². The van der Waals surface area contributed by atoms with E-state index in [9.17, 15) is 9.59 Å². The predicted octanol–water partition coefficient (Wildman–Crippen LogP) is -0.226. The first-order valence-corrected chi connectivity index (χ1v) is 6.01. The summed E-state index contributed by atoms with van der Waals surface area (Å²) in [6.07, 6.45) is 0.906. The molecule has 0 saturated heterocycles.